The van der Waals surface area contributed by atoms with Crippen molar-refractivity contribution < 1.29 is 4.79 Å². The Morgan fingerprint density at radius 2 is 2.04 bits per heavy atom. The Balaban J connectivity index is 1.40. The lowest BCUT2D eigenvalue weighted by Crippen LogP contribution is -2.27. The Bertz CT molecular complexity index is 1100. The van der Waals surface area contributed by atoms with Crippen LogP contribution >= 0.6 is 0 Å². The molecule has 2 N–H and O–H groups in total. The summed E-state index contributed by atoms with van der Waals surface area (Å²) in [6.07, 6.45) is 6.68. The van der Waals surface area contributed by atoms with E-state index in [0.717, 1.165) is 28.2 Å². The predicted molar refractivity (Wildman–Crippen MR) is 109 cm³/mol. The Labute approximate surface area is 163 Å². The second-order valence-corrected chi connectivity index (χ2v) is 6.93. The van der Waals surface area contributed by atoms with Crippen molar-refractivity contribution >= 4 is 16.8 Å². The highest BCUT2D eigenvalue weighted by molar-refractivity contribution is 5.84. The molecule has 4 rings (SSSR count). The van der Waals surface area contributed by atoms with Gasteiger partial charge < -0.3 is 10.3 Å². The number of para-hydroxylation sites is 1. The fourth-order valence-electron chi connectivity index (χ4n) is 3.54. The van der Waals surface area contributed by atoms with E-state index in [2.05, 4.69) is 26.4 Å². The zero-order valence-corrected chi connectivity index (χ0v) is 16.0. The van der Waals surface area contributed by atoms with E-state index in [0.29, 0.717) is 12.8 Å². The normalized spacial score (nSPS) is 12.2. The smallest absolute Gasteiger partial charge is 0.220 e. The van der Waals surface area contributed by atoms with Gasteiger partial charge in [0.1, 0.15) is 0 Å². The summed E-state index contributed by atoms with van der Waals surface area (Å²) in [4.78, 5) is 20.1. The quantitative estimate of drug-likeness (QED) is 0.539. The number of amides is 1. The predicted octanol–water partition coefficient (Wildman–Crippen LogP) is 3.87. The summed E-state index contributed by atoms with van der Waals surface area (Å²) in [6, 6.07) is 13.7. The van der Waals surface area contributed by atoms with Crippen LogP contribution in [0.5, 0.6) is 0 Å². The van der Waals surface area contributed by atoms with Crippen LogP contribution < -0.4 is 5.32 Å². The number of carbonyl (C=O) groups is 1. The number of rotatable bonds is 6. The standard InChI is InChI=1S/C22H23N5O/c1-15(19-14-25-27(16(19)2)21-9-5-6-12-23-21)26-22(28)11-10-17-13-24-20-8-4-3-7-18(17)20/h3-9,12-15,24H,10-11H2,1-2H3,(H,26,28). The summed E-state index contributed by atoms with van der Waals surface area (Å²) in [6.45, 7) is 3.97. The molecule has 0 spiro atoms. The van der Waals surface area contributed by atoms with Gasteiger partial charge in [-0.25, -0.2) is 9.67 Å². The van der Waals surface area contributed by atoms with E-state index in [1.165, 1.54) is 5.39 Å². The van der Waals surface area contributed by atoms with E-state index in [4.69, 9.17) is 0 Å². The van der Waals surface area contributed by atoms with Gasteiger partial charge in [-0.15, -0.1) is 0 Å². The maximum absolute atomic E-state index is 12.5. The molecular formula is C22H23N5O. The van der Waals surface area contributed by atoms with E-state index < -0.39 is 0 Å². The molecule has 1 aromatic carbocycles. The second-order valence-electron chi connectivity index (χ2n) is 6.93. The lowest BCUT2D eigenvalue weighted by atomic mass is 10.1. The van der Waals surface area contributed by atoms with Crippen LogP contribution in [0.1, 0.15) is 36.2 Å². The van der Waals surface area contributed by atoms with E-state index in [1.807, 2.05) is 56.4 Å². The molecule has 4 aromatic rings. The Kier molecular flexibility index (Phi) is 4.93. The van der Waals surface area contributed by atoms with Gasteiger partial charge in [-0.1, -0.05) is 24.3 Å². The highest BCUT2D eigenvalue weighted by Gasteiger charge is 2.17. The maximum atomic E-state index is 12.5. The molecule has 28 heavy (non-hydrogen) atoms. The third-order valence-electron chi connectivity index (χ3n) is 5.05. The SMILES string of the molecule is Cc1c(C(C)NC(=O)CCc2c[nH]c3ccccc23)cnn1-c1ccccn1. The van der Waals surface area contributed by atoms with Gasteiger partial charge in [-0.05, 0) is 44.0 Å². The van der Waals surface area contributed by atoms with Crippen molar-refractivity contribution in [3.8, 4) is 5.82 Å². The van der Waals surface area contributed by atoms with E-state index in [-0.39, 0.29) is 11.9 Å². The lowest BCUT2D eigenvalue weighted by Gasteiger charge is -2.14. The number of aryl methyl sites for hydroxylation is 1. The Hall–Kier alpha value is -3.41. The minimum absolute atomic E-state index is 0.0303. The molecule has 0 saturated carbocycles. The van der Waals surface area contributed by atoms with Crippen molar-refractivity contribution in [1.29, 1.82) is 0 Å². The Morgan fingerprint density at radius 3 is 2.86 bits per heavy atom. The van der Waals surface area contributed by atoms with E-state index in [1.54, 1.807) is 17.1 Å². The van der Waals surface area contributed by atoms with Crippen molar-refractivity contribution in [2.75, 3.05) is 0 Å². The number of nitrogens with one attached hydrogen (secondary N) is 2. The number of H-pyrrole nitrogens is 1. The van der Waals surface area contributed by atoms with Gasteiger partial charge in [0.2, 0.25) is 5.91 Å². The number of fused-ring (bicyclic) bond motifs is 1. The fourth-order valence-corrected chi connectivity index (χ4v) is 3.54. The third-order valence-corrected chi connectivity index (χ3v) is 5.05. The van der Waals surface area contributed by atoms with Crippen molar-refractivity contribution in [2.45, 2.75) is 32.7 Å². The molecule has 1 amide bonds. The molecule has 142 valence electrons. The zero-order valence-electron chi connectivity index (χ0n) is 16.0. The molecule has 6 heteroatoms. The number of benzene rings is 1. The number of aromatic amines is 1. The van der Waals surface area contributed by atoms with Crippen LogP contribution in [0.2, 0.25) is 0 Å². The van der Waals surface area contributed by atoms with Crippen LogP contribution in [-0.2, 0) is 11.2 Å². The largest absolute Gasteiger partial charge is 0.361 e. The van der Waals surface area contributed by atoms with Gasteiger partial charge in [0, 0.05) is 41.0 Å². The maximum Gasteiger partial charge on any atom is 0.220 e. The van der Waals surface area contributed by atoms with E-state index in [9.17, 15) is 4.79 Å². The van der Waals surface area contributed by atoms with Crippen molar-refractivity contribution in [1.82, 2.24) is 25.1 Å². The van der Waals surface area contributed by atoms with Crippen LogP contribution in [0.4, 0.5) is 0 Å². The molecule has 0 bridgehead atoms. The van der Waals surface area contributed by atoms with Gasteiger partial charge >= 0.3 is 0 Å². The lowest BCUT2D eigenvalue weighted by molar-refractivity contribution is -0.121. The number of hydrogen-bond donors (Lipinski definition) is 2. The monoisotopic (exact) mass is 373 g/mol. The van der Waals surface area contributed by atoms with Crippen molar-refractivity contribution in [3.63, 3.8) is 0 Å². The van der Waals surface area contributed by atoms with Crippen molar-refractivity contribution in [3.05, 3.63) is 77.9 Å². The summed E-state index contributed by atoms with van der Waals surface area (Å²) in [5.41, 5.74) is 4.23. The molecular weight excluding hydrogens is 350 g/mol. The van der Waals surface area contributed by atoms with E-state index >= 15 is 0 Å². The van der Waals surface area contributed by atoms with Gasteiger partial charge in [0.25, 0.3) is 0 Å². The van der Waals surface area contributed by atoms with Crippen LogP contribution in [-0.4, -0.2) is 25.7 Å². The van der Waals surface area contributed by atoms with Crippen LogP contribution in [0.15, 0.2) is 61.1 Å². The first kappa shape index (κ1) is 18.0. The molecule has 0 aliphatic carbocycles. The second kappa shape index (κ2) is 7.68. The van der Waals surface area contributed by atoms with Gasteiger partial charge in [0.05, 0.1) is 12.2 Å². The minimum atomic E-state index is -0.118. The number of pyridine rings is 1. The first-order valence-electron chi connectivity index (χ1n) is 9.44. The molecule has 6 nitrogen and oxygen atoms in total. The fraction of sp³-hybridized carbons (Fsp3) is 0.227. The highest BCUT2D eigenvalue weighted by atomic mass is 16.1. The highest BCUT2D eigenvalue weighted by Crippen LogP contribution is 2.21. The molecule has 1 atom stereocenters. The minimum Gasteiger partial charge on any atom is -0.361 e. The van der Waals surface area contributed by atoms with Gasteiger partial charge in [0.15, 0.2) is 5.82 Å². The molecule has 0 saturated heterocycles. The van der Waals surface area contributed by atoms with Crippen LogP contribution in [0, 0.1) is 6.92 Å². The topological polar surface area (TPSA) is 75.6 Å². The zero-order chi connectivity index (χ0) is 19.5. The Morgan fingerprint density at radius 1 is 1.21 bits per heavy atom. The summed E-state index contributed by atoms with van der Waals surface area (Å²) < 4.78 is 1.80. The summed E-state index contributed by atoms with van der Waals surface area (Å²) in [5, 5.41) is 8.70. The van der Waals surface area contributed by atoms with Crippen LogP contribution in [0.3, 0.4) is 0 Å². The number of aromatic nitrogens is 4. The summed E-state index contributed by atoms with van der Waals surface area (Å²) >= 11 is 0. The number of carbonyl (C=O) groups excluding carboxylic acids is 1. The summed E-state index contributed by atoms with van der Waals surface area (Å²) in [5.74, 6) is 0.798. The number of hydrogen-bond acceptors (Lipinski definition) is 3. The molecule has 3 heterocycles. The molecule has 0 radical (unpaired) electrons. The first-order valence-corrected chi connectivity index (χ1v) is 9.44. The van der Waals surface area contributed by atoms with Crippen LogP contribution in [0.25, 0.3) is 16.7 Å². The third kappa shape index (κ3) is 3.53. The molecule has 3 aromatic heterocycles. The molecule has 0 aliphatic heterocycles. The molecule has 1 unspecified atom stereocenters. The molecule has 0 fully saturated rings. The molecule has 0 aliphatic rings. The number of nitrogens with zero attached hydrogens (tertiary/aromatic N) is 3. The average molecular weight is 373 g/mol. The average Bonchev–Trinajstić information content (AvgIpc) is 3.30. The van der Waals surface area contributed by atoms with Crippen molar-refractivity contribution in [2.24, 2.45) is 0 Å². The van der Waals surface area contributed by atoms with Gasteiger partial charge in [-0.2, -0.15) is 5.10 Å². The summed E-state index contributed by atoms with van der Waals surface area (Å²) in [7, 11) is 0. The van der Waals surface area contributed by atoms with Gasteiger partial charge in [-0.3, -0.25) is 4.79 Å². The first-order chi connectivity index (χ1) is 13.6.